The lowest BCUT2D eigenvalue weighted by Gasteiger charge is -2.16. The molecule has 0 heterocycles. The third kappa shape index (κ3) is 3.82. The lowest BCUT2D eigenvalue weighted by Crippen LogP contribution is -2.24. The molecule has 0 aliphatic heterocycles. The van der Waals surface area contributed by atoms with E-state index in [2.05, 4.69) is 0 Å². The standard InChI is InChI=1S/C16H14FNO5/c1-10(16(19)11-3-5-12(17)6-4-11)23-15-9-13(18(20)21)7-8-14(15)22-2/h3-10H,1-2H3. The molecule has 23 heavy (non-hydrogen) atoms. The second-order valence-electron chi connectivity index (χ2n) is 4.72. The van der Waals surface area contributed by atoms with Gasteiger partial charge in [-0.15, -0.1) is 0 Å². The van der Waals surface area contributed by atoms with E-state index in [1.54, 1.807) is 0 Å². The second kappa shape index (κ2) is 6.87. The van der Waals surface area contributed by atoms with Crippen molar-refractivity contribution in [3.63, 3.8) is 0 Å². The van der Waals surface area contributed by atoms with Crippen LogP contribution in [0.15, 0.2) is 42.5 Å². The topological polar surface area (TPSA) is 78.7 Å². The normalized spacial score (nSPS) is 11.6. The van der Waals surface area contributed by atoms with E-state index in [1.165, 1.54) is 56.5 Å². The number of nitro benzene ring substituents is 1. The van der Waals surface area contributed by atoms with Gasteiger partial charge >= 0.3 is 0 Å². The first kappa shape index (κ1) is 16.4. The van der Waals surface area contributed by atoms with Gasteiger partial charge in [0.1, 0.15) is 5.82 Å². The first-order valence-electron chi connectivity index (χ1n) is 6.71. The zero-order valence-corrected chi connectivity index (χ0v) is 12.5. The van der Waals surface area contributed by atoms with E-state index in [0.717, 1.165) is 0 Å². The minimum atomic E-state index is -0.920. The second-order valence-corrected chi connectivity index (χ2v) is 4.72. The number of ether oxygens (including phenoxy) is 2. The lowest BCUT2D eigenvalue weighted by atomic mass is 10.1. The third-order valence-electron chi connectivity index (χ3n) is 3.16. The van der Waals surface area contributed by atoms with Crippen molar-refractivity contribution < 1.29 is 23.6 Å². The summed E-state index contributed by atoms with van der Waals surface area (Å²) in [6.07, 6.45) is -0.920. The minimum Gasteiger partial charge on any atom is -0.493 e. The van der Waals surface area contributed by atoms with Crippen LogP contribution in [0.4, 0.5) is 10.1 Å². The van der Waals surface area contributed by atoms with Crippen LogP contribution in [0.2, 0.25) is 0 Å². The van der Waals surface area contributed by atoms with Gasteiger partial charge in [-0.3, -0.25) is 14.9 Å². The molecule has 0 fully saturated rings. The quantitative estimate of drug-likeness (QED) is 0.463. The van der Waals surface area contributed by atoms with Gasteiger partial charge in [-0.25, -0.2) is 4.39 Å². The number of carbonyl (C=O) groups is 1. The number of nitrogens with zero attached hydrogens (tertiary/aromatic N) is 1. The van der Waals surface area contributed by atoms with E-state index < -0.39 is 16.8 Å². The van der Waals surface area contributed by atoms with Crippen molar-refractivity contribution in [1.29, 1.82) is 0 Å². The van der Waals surface area contributed by atoms with Crippen molar-refractivity contribution in [1.82, 2.24) is 0 Å². The van der Waals surface area contributed by atoms with E-state index in [9.17, 15) is 19.3 Å². The highest BCUT2D eigenvalue weighted by Crippen LogP contribution is 2.32. The molecule has 0 spiro atoms. The summed E-state index contributed by atoms with van der Waals surface area (Å²) in [7, 11) is 1.39. The van der Waals surface area contributed by atoms with E-state index in [-0.39, 0.29) is 28.5 Å². The third-order valence-corrected chi connectivity index (χ3v) is 3.16. The summed E-state index contributed by atoms with van der Waals surface area (Å²) < 4.78 is 23.5. The molecule has 2 aromatic carbocycles. The van der Waals surface area contributed by atoms with Gasteiger partial charge in [0, 0.05) is 11.6 Å². The van der Waals surface area contributed by atoms with E-state index in [0.29, 0.717) is 0 Å². The average molecular weight is 319 g/mol. The molecule has 0 aliphatic carbocycles. The highest BCUT2D eigenvalue weighted by molar-refractivity contribution is 5.99. The predicted molar refractivity (Wildman–Crippen MR) is 80.5 cm³/mol. The zero-order valence-electron chi connectivity index (χ0n) is 12.5. The van der Waals surface area contributed by atoms with Crippen LogP contribution in [0.1, 0.15) is 17.3 Å². The Kier molecular flexibility index (Phi) is 4.90. The van der Waals surface area contributed by atoms with Crippen molar-refractivity contribution in [2.24, 2.45) is 0 Å². The van der Waals surface area contributed by atoms with Crippen molar-refractivity contribution >= 4 is 11.5 Å². The van der Waals surface area contributed by atoms with Gasteiger partial charge in [-0.2, -0.15) is 0 Å². The van der Waals surface area contributed by atoms with E-state index >= 15 is 0 Å². The molecule has 0 aliphatic rings. The molecule has 1 unspecified atom stereocenters. The molecule has 2 rings (SSSR count). The molecule has 0 saturated heterocycles. The number of ketones is 1. The molecule has 6 nitrogen and oxygen atoms in total. The number of rotatable bonds is 6. The van der Waals surface area contributed by atoms with Gasteiger partial charge in [-0.1, -0.05) is 0 Å². The Bertz CT molecular complexity index is 730. The Hall–Kier alpha value is -2.96. The summed E-state index contributed by atoms with van der Waals surface area (Å²) in [4.78, 5) is 22.5. The van der Waals surface area contributed by atoms with Gasteiger partial charge < -0.3 is 9.47 Å². The summed E-state index contributed by atoms with van der Waals surface area (Å²) in [5.41, 5.74) is 0.102. The van der Waals surface area contributed by atoms with Crippen LogP contribution < -0.4 is 9.47 Å². The first-order chi connectivity index (χ1) is 10.9. The van der Waals surface area contributed by atoms with Crippen LogP contribution in [0.25, 0.3) is 0 Å². The number of non-ortho nitro benzene ring substituents is 1. The Labute approximate surface area is 131 Å². The van der Waals surface area contributed by atoms with Gasteiger partial charge in [0.2, 0.25) is 5.78 Å². The van der Waals surface area contributed by atoms with E-state index in [4.69, 9.17) is 9.47 Å². The molecule has 120 valence electrons. The fourth-order valence-corrected chi connectivity index (χ4v) is 1.96. The van der Waals surface area contributed by atoms with Crippen LogP contribution >= 0.6 is 0 Å². The molecular weight excluding hydrogens is 305 g/mol. The lowest BCUT2D eigenvalue weighted by molar-refractivity contribution is -0.385. The van der Waals surface area contributed by atoms with Crippen molar-refractivity contribution in [3.8, 4) is 11.5 Å². The largest absolute Gasteiger partial charge is 0.493 e. The van der Waals surface area contributed by atoms with Crippen LogP contribution in [-0.4, -0.2) is 23.9 Å². The van der Waals surface area contributed by atoms with Crippen molar-refractivity contribution in [3.05, 3.63) is 64.0 Å². The molecular formula is C16H14FNO5. The maximum atomic E-state index is 12.9. The fourth-order valence-electron chi connectivity index (χ4n) is 1.96. The molecule has 0 saturated carbocycles. The summed E-state index contributed by atoms with van der Waals surface area (Å²) in [6.45, 7) is 1.50. The van der Waals surface area contributed by atoms with Crippen LogP contribution in [0, 0.1) is 15.9 Å². The SMILES string of the molecule is COc1ccc([N+](=O)[O-])cc1OC(C)C(=O)c1ccc(F)cc1. The molecule has 0 bridgehead atoms. The highest BCUT2D eigenvalue weighted by Gasteiger charge is 2.20. The van der Waals surface area contributed by atoms with Gasteiger partial charge in [0.15, 0.2) is 17.6 Å². The molecule has 2 aromatic rings. The molecule has 7 heteroatoms. The number of hydrogen-bond acceptors (Lipinski definition) is 5. The number of hydrogen-bond donors (Lipinski definition) is 0. The first-order valence-corrected chi connectivity index (χ1v) is 6.71. The number of nitro groups is 1. The predicted octanol–water partition coefficient (Wildman–Crippen LogP) is 3.39. The van der Waals surface area contributed by atoms with Crippen LogP contribution in [0.5, 0.6) is 11.5 Å². The Morgan fingerprint density at radius 2 is 1.83 bits per heavy atom. The van der Waals surface area contributed by atoms with Crippen LogP contribution in [-0.2, 0) is 0 Å². The summed E-state index contributed by atoms with van der Waals surface area (Å²) in [6, 6.07) is 8.90. The maximum Gasteiger partial charge on any atom is 0.273 e. The smallest absolute Gasteiger partial charge is 0.273 e. The highest BCUT2D eigenvalue weighted by atomic mass is 19.1. The molecule has 0 amide bonds. The summed E-state index contributed by atoms with van der Waals surface area (Å²) >= 11 is 0. The van der Waals surface area contributed by atoms with Crippen molar-refractivity contribution in [2.45, 2.75) is 13.0 Å². The Balaban J connectivity index is 2.23. The van der Waals surface area contributed by atoms with Crippen LogP contribution in [0.3, 0.4) is 0 Å². The zero-order chi connectivity index (χ0) is 17.0. The Morgan fingerprint density at radius 3 is 2.39 bits per heavy atom. The number of benzene rings is 2. The van der Waals surface area contributed by atoms with Gasteiger partial charge in [0.25, 0.3) is 5.69 Å². The molecule has 0 N–H and O–H groups in total. The van der Waals surface area contributed by atoms with Crippen molar-refractivity contribution in [2.75, 3.05) is 7.11 Å². The minimum absolute atomic E-state index is 0.0876. The number of halogens is 1. The average Bonchev–Trinajstić information content (AvgIpc) is 2.54. The summed E-state index contributed by atoms with van der Waals surface area (Å²) in [5.74, 6) is -0.465. The number of Topliss-reactive ketones (excluding diaryl/α,β-unsaturated/α-hetero) is 1. The van der Waals surface area contributed by atoms with Gasteiger partial charge in [-0.05, 0) is 37.3 Å². The summed E-state index contributed by atoms with van der Waals surface area (Å²) in [5, 5.41) is 10.8. The molecule has 1 atom stereocenters. The van der Waals surface area contributed by atoms with E-state index in [1.807, 2.05) is 0 Å². The molecule has 0 radical (unpaired) electrons. The number of methoxy groups -OCH3 is 1. The fraction of sp³-hybridized carbons (Fsp3) is 0.188. The van der Waals surface area contributed by atoms with Gasteiger partial charge in [0.05, 0.1) is 18.1 Å². The number of carbonyl (C=O) groups excluding carboxylic acids is 1. The Morgan fingerprint density at radius 1 is 1.17 bits per heavy atom. The monoisotopic (exact) mass is 319 g/mol. The maximum absolute atomic E-state index is 12.9. The molecule has 0 aromatic heterocycles.